The maximum atomic E-state index is 12.5. The predicted octanol–water partition coefficient (Wildman–Crippen LogP) is 6.38. The summed E-state index contributed by atoms with van der Waals surface area (Å²) < 4.78 is 30.8. The lowest BCUT2D eigenvalue weighted by Gasteiger charge is -2.42. The summed E-state index contributed by atoms with van der Waals surface area (Å²) in [5.41, 5.74) is 0.883. The van der Waals surface area contributed by atoms with E-state index < -0.39 is 14.7 Å². The zero-order valence-electron chi connectivity index (χ0n) is 12.6. The van der Waals surface area contributed by atoms with Crippen molar-refractivity contribution in [2.45, 2.75) is 64.6 Å². The summed E-state index contributed by atoms with van der Waals surface area (Å²) in [4.78, 5) is 0. The first-order chi connectivity index (χ1) is 8.57. The van der Waals surface area contributed by atoms with Crippen LogP contribution in [0.5, 0.6) is 0 Å². The fourth-order valence-corrected chi connectivity index (χ4v) is 7.88. The van der Waals surface area contributed by atoms with Gasteiger partial charge in [-0.3, -0.25) is 0 Å². The van der Waals surface area contributed by atoms with E-state index in [1.54, 1.807) is 0 Å². The van der Waals surface area contributed by atoms with Crippen molar-refractivity contribution >= 4 is 31.5 Å². The standard InChI is InChI=1S/C12H24F2OSi.CH2Cl2/c1-8(2)16(9(3)4,10(5)6)15-11(7)12(13)14;2-1-3/h8-10,12H,7H2,1-6H3;1H2. The molecule has 0 aromatic rings. The molecule has 1 nitrogen and oxygen atoms in total. The van der Waals surface area contributed by atoms with Crippen LogP contribution in [0.4, 0.5) is 8.78 Å². The monoisotopic (exact) mass is 334 g/mol. The molecule has 0 amide bonds. The molecule has 0 N–H and O–H groups in total. The van der Waals surface area contributed by atoms with Crippen LogP contribution in [0, 0.1) is 0 Å². The van der Waals surface area contributed by atoms with Crippen molar-refractivity contribution < 1.29 is 13.2 Å². The van der Waals surface area contributed by atoms with Crippen molar-refractivity contribution in [3.63, 3.8) is 0 Å². The Morgan fingerprint density at radius 2 is 1.26 bits per heavy atom. The van der Waals surface area contributed by atoms with Crippen LogP contribution in [0.15, 0.2) is 12.3 Å². The molecule has 0 heterocycles. The smallest absolute Gasteiger partial charge is 0.292 e. The van der Waals surface area contributed by atoms with Gasteiger partial charge in [-0.1, -0.05) is 48.1 Å². The van der Waals surface area contributed by atoms with E-state index in [0.717, 1.165) is 0 Å². The van der Waals surface area contributed by atoms with Crippen LogP contribution in [0.2, 0.25) is 16.6 Å². The predicted molar refractivity (Wildman–Crippen MR) is 83.9 cm³/mol. The van der Waals surface area contributed by atoms with E-state index in [0.29, 0.717) is 16.6 Å². The Morgan fingerprint density at radius 1 is 1.00 bits per heavy atom. The average Bonchev–Trinajstić information content (AvgIpc) is 2.24. The highest BCUT2D eigenvalue weighted by molar-refractivity contribution is 6.77. The minimum atomic E-state index is -2.58. The molecule has 0 unspecified atom stereocenters. The normalized spacial score (nSPS) is 11.9. The Bertz CT molecular complexity index is 237. The third-order valence-corrected chi connectivity index (χ3v) is 9.29. The second kappa shape index (κ2) is 10.0. The fourth-order valence-electron chi connectivity index (χ4n) is 2.63. The van der Waals surface area contributed by atoms with Crippen LogP contribution in [0.3, 0.4) is 0 Å². The van der Waals surface area contributed by atoms with Gasteiger partial charge in [0.05, 0.1) is 5.34 Å². The molecular weight excluding hydrogens is 309 g/mol. The molecule has 0 aliphatic heterocycles. The minimum Gasteiger partial charge on any atom is -0.542 e. The summed E-state index contributed by atoms with van der Waals surface area (Å²) in [6.45, 7) is 15.7. The van der Waals surface area contributed by atoms with Gasteiger partial charge in [-0.15, -0.1) is 23.2 Å². The summed E-state index contributed by atoms with van der Waals surface area (Å²) in [5, 5.41) is 0.194. The summed E-state index contributed by atoms with van der Waals surface area (Å²) in [6, 6.07) is 0. The third kappa shape index (κ3) is 6.45. The molecule has 0 fully saturated rings. The average molecular weight is 335 g/mol. The van der Waals surface area contributed by atoms with E-state index in [-0.39, 0.29) is 11.1 Å². The molecule has 0 aromatic carbocycles. The van der Waals surface area contributed by atoms with Gasteiger partial charge in [0.1, 0.15) is 5.76 Å². The molecule has 0 atom stereocenters. The summed E-state index contributed by atoms with van der Waals surface area (Å²) in [7, 11) is -2.23. The number of halogens is 4. The minimum absolute atomic E-state index is 0.194. The summed E-state index contributed by atoms with van der Waals surface area (Å²) in [5.74, 6) is -0.359. The van der Waals surface area contributed by atoms with E-state index in [1.165, 1.54) is 0 Å². The van der Waals surface area contributed by atoms with Crippen LogP contribution < -0.4 is 0 Å². The Labute approximate surface area is 127 Å². The topological polar surface area (TPSA) is 9.23 Å². The van der Waals surface area contributed by atoms with Gasteiger partial charge in [0.15, 0.2) is 0 Å². The molecule has 19 heavy (non-hydrogen) atoms. The SMILES string of the molecule is C=C(O[Si](C(C)C)(C(C)C)C(C)C)C(F)F.ClCCl. The van der Waals surface area contributed by atoms with Gasteiger partial charge in [0.25, 0.3) is 14.7 Å². The quantitative estimate of drug-likeness (QED) is 0.311. The number of hydrogen-bond acceptors (Lipinski definition) is 1. The van der Waals surface area contributed by atoms with Crippen molar-refractivity contribution in [1.29, 1.82) is 0 Å². The molecule has 116 valence electrons. The van der Waals surface area contributed by atoms with E-state index in [1.807, 2.05) is 0 Å². The largest absolute Gasteiger partial charge is 0.542 e. The lowest BCUT2D eigenvalue weighted by atomic mass is 10.5. The molecule has 0 aliphatic carbocycles. The van der Waals surface area contributed by atoms with E-state index in [9.17, 15) is 8.78 Å². The zero-order chi connectivity index (χ0) is 15.8. The van der Waals surface area contributed by atoms with Crippen molar-refractivity contribution in [3.05, 3.63) is 12.3 Å². The van der Waals surface area contributed by atoms with Gasteiger partial charge < -0.3 is 4.43 Å². The molecule has 0 aliphatic rings. The van der Waals surface area contributed by atoms with Crippen molar-refractivity contribution in [2.24, 2.45) is 0 Å². The van der Waals surface area contributed by atoms with E-state index in [4.69, 9.17) is 27.6 Å². The van der Waals surface area contributed by atoms with Gasteiger partial charge in [0.2, 0.25) is 0 Å². The second-order valence-electron chi connectivity index (χ2n) is 5.29. The highest BCUT2D eigenvalue weighted by atomic mass is 35.5. The van der Waals surface area contributed by atoms with Gasteiger partial charge in [-0.25, -0.2) is 8.78 Å². The lowest BCUT2D eigenvalue weighted by molar-refractivity contribution is 0.131. The second-order valence-corrected chi connectivity index (χ2v) is 11.5. The van der Waals surface area contributed by atoms with Crippen LogP contribution in [0.25, 0.3) is 0 Å². The van der Waals surface area contributed by atoms with Crippen LogP contribution >= 0.6 is 23.2 Å². The first kappa shape index (κ1) is 21.5. The Balaban J connectivity index is 0. The number of rotatable bonds is 6. The van der Waals surface area contributed by atoms with Gasteiger partial charge in [0, 0.05) is 0 Å². The highest BCUT2D eigenvalue weighted by Crippen LogP contribution is 2.43. The van der Waals surface area contributed by atoms with Crippen LogP contribution in [-0.4, -0.2) is 20.1 Å². The van der Waals surface area contributed by atoms with Crippen molar-refractivity contribution in [2.75, 3.05) is 5.34 Å². The maximum Gasteiger partial charge on any atom is 0.292 e. The third-order valence-electron chi connectivity index (χ3n) is 3.26. The number of hydrogen-bond donors (Lipinski definition) is 0. The van der Waals surface area contributed by atoms with E-state index >= 15 is 0 Å². The van der Waals surface area contributed by atoms with Crippen LogP contribution in [0.1, 0.15) is 41.5 Å². The number of alkyl halides is 4. The number of allylic oxidation sites excluding steroid dienone is 1. The van der Waals surface area contributed by atoms with Gasteiger partial charge >= 0.3 is 0 Å². The Hall–Kier alpha value is 0.197. The van der Waals surface area contributed by atoms with Crippen LogP contribution in [-0.2, 0) is 4.43 Å². The molecule has 0 saturated heterocycles. The molecule has 0 saturated carbocycles. The molecule has 0 bridgehead atoms. The summed E-state index contributed by atoms with van der Waals surface area (Å²) >= 11 is 9.53. The molecule has 0 rings (SSSR count). The summed E-state index contributed by atoms with van der Waals surface area (Å²) in [6.07, 6.45) is -2.58. The fraction of sp³-hybridized carbons (Fsp3) is 0.846. The van der Waals surface area contributed by atoms with Gasteiger partial charge in [-0.05, 0) is 16.6 Å². The molecule has 0 radical (unpaired) electrons. The molecule has 0 aromatic heterocycles. The molecular formula is C13H26Cl2F2OSi. The molecule has 6 heteroatoms. The van der Waals surface area contributed by atoms with E-state index in [2.05, 4.69) is 48.1 Å². The maximum absolute atomic E-state index is 12.5. The first-order valence-electron chi connectivity index (χ1n) is 6.35. The lowest BCUT2D eigenvalue weighted by Crippen LogP contribution is -2.47. The Kier molecular flexibility index (Phi) is 11.3. The Morgan fingerprint density at radius 3 is 1.42 bits per heavy atom. The van der Waals surface area contributed by atoms with Gasteiger partial charge in [-0.2, -0.15) is 0 Å². The van der Waals surface area contributed by atoms with Crippen molar-refractivity contribution in [3.8, 4) is 0 Å². The van der Waals surface area contributed by atoms with Crippen molar-refractivity contribution in [1.82, 2.24) is 0 Å². The molecule has 0 spiro atoms. The zero-order valence-corrected chi connectivity index (χ0v) is 15.2. The highest BCUT2D eigenvalue weighted by Gasteiger charge is 2.47. The first-order valence-corrected chi connectivity index (χ1v) is 9.56.